The quantitative estimate of drug-likeness (QED) is 0.758. The van der Waals surface area contributed by atoms with E-state index in [0.717, 1.165) is 12.8 Å². The highest BCUT2D eigenvalue weighted by molar-refractivity contribution is 7.92. The Labute approximate surface area is 118 Å². The highest BCUT2D eigenvalue weighted by Gasteiger charge is 2.28. The van der Waals surface area contributed by atoms with Crippen molar-refractivity contribution >= 4 is 21.6 Å². The molecule has 1 aromatic heterocycles. The third kappa shape index (κ3) is 3.13. The molecule has 0 atom stereocenters. The van der Waals surface area contributed by atoms with Gasteiger partial charge in [0.1, 0.15) is 10.7 Å². The van der Waals surface area contributed by atoms with Crippen molar-refractivity contribution in [2.45, 2.75) is 25.3 Å². The van der Waals surface area contributed by atoms with Gasteiger partial charge in [-0.05, 0) is 19.4 Å². The molecule has 20 heavy (non-hydrogen) atoms. The molecule has 114 valence electrons. The van der Waals surface area contributed by atoms with E-state index in [1.807, 2.05) is 0 Å². The zero-order chi connectivity index (χ0) is 15.5. The van der Waals surface area contributed by atoms with E-state index in [9.17, 15) is 13.2 Å². The third-order valence-corrected chi connectivity index (χ3v) is 4.93. The molecule has 1 heterocycles. The van der Waals surface area contributed by atoms with Crippen LogP contribution in [0, 0.1) is 13.8 Å². The van der Waals surface area contributed by atoms with Crippen LogP contribution < -0.4 is 5.73 Å². The van der Waals surface area contributed by atoms with Crippen LogP contribution in [0.5, 0.6) is 0 Å². The lowest BCUT2D eigenvalue weighted by molar-refractivity contribution is -0.137. The van der Waals surface area contributed by atoms with Crippen molar-refractivity contribution in [3.63, 3.8) is 0 Å². The van der Waals surface area contributed by atoms with Gasteiger partial charge in [0.15, 0.2) is 15.6 Å². The molecule has 0 saturated heterocycles. The molecule has 1 rings (SSSR count). The number of nitrogens with two attached hydrogens (primary N) is 1. The van der Waals surface area contributed by atoms with E-state index in [1.54, 1.807) is 25.5 Å². The summed E-state index contributed by atoms with van der Waals surface area (Å²) in [6.45, 7) is 4.30. The second kappa shape index (κ2) is 6.27. The molecule has 0 saturated carbocycles. The summed E-state index contributed by atoms with van der Waals surface area (Å²) >= 11 is 0. The Balaban J connectivity index is 3.29. The monoisotopic (exact) mass is 304 g/mol. The summed E-state index contributed by atoms with van der Waals surface area (Å²) in [5.41, 5.74) is 7.21. The summed E-state index contributed by atoms with van der Waals surface area (Å²) in [5, 5.41) is 0. The van der Waals surface area contributed by atoms with Crippen LogP contribution in [0.1, 0.15) is 11.3 Å². The first-order chi connectivity index (χ1) is 9.26. The Hall–Kier alpha value is -1.54. The lowest BCUT2D eigenvalue weighted by atomic mass is 10.3. The van der Waals surface area contributed by atoms with Crippen molar-refractivity contribution in [1.82, 2.24) is 4.57 Å². The fraction of sp³-hybridized carbons (Fsp3) is 0.583. The molecule has 0 radical (unpaired) electrons. The lowest BCUT2D eigenvalue weighted by Gasteiger charge is -2.08. The van der Waals surface area contributed by atoms with Crippen LogP contribution in [0.15, 0.2) is 4.90 Å². The summed E-state index contributed by atoms with van der Waals surface area (Å²) < 4.78 is 35.6. The second-order valence-corrected chi connectivity index (χ2v) is 6.33. The number of methoxy groups -OCH3 is 2. The van der Waals surface area contributed by atoms with E-state index >= 15 is 0 Å². The number of nitrogen functional groups attached to an aromatic ring is 1. The average molecular weight is 304 g/mol. The van der Waals surface area contributed by atoms with Gasteiger partial charge in [-0.2, -0.15) is 0 Å². The molecule has 0 bridgehead atoms. The van der Waals surface area contributed by atoms with E-state index in [-0.39, 0.29) is 10.7 Å². The van der Waals surface area contributed by atoms with Gasteiger partial charge in [-0.25, -0.2) is 8.42 Å². The van der Waals surface area contributed by atoms with Crippen LogP contribution in [0.25, 0.3) is 0 Å². The normalized spacial score (nSPS) is 11.6. The first-order valence-electron chi connectivity index (χ1n) is 6.00. The summed E-state index contributed by atoms with van der Waals surface area (Å²) in [7, 11) is -1.13. The number of hydrogen-bond donors (Lipinski definition) is 1. The first-order valence-corrected chi connectivity index (χ1v) is 7.65. The number of rotatable bonds is 6. The van der Waals surface area contributed by atoms with Gasteiger partial charge in [-0.15, -0.1) is 0 Å². The summed E-state index contributed by atoms with van der Waals surface area (Å²) in [5.74, 6) is -1.41. The van der Waals surface area contributed by atoms with Crippen LogP contribution in [0.2, 0.25) is 0 Å². The molecule has 0 spiro atoms. The van der Waals surface area contributed by atoms with Crippen molar-refractivity contribution in [2.24, 2.45) is 0 Å². The molecule has 0 amide bonds. The van der Waals surface area contributed by atoms with Crippen LogP contribution in [0.4, 0.5) is 5.82 Å². The highest BCUT2D eigenvalue weighted by Crippen LogP contribution is 2.29. The van der Waals surface area contributed by atoms with Gasteiger partial charge in [0.2, 0.25) is 0 Å². The molecule has 0 aliphatic heterocycles. The molecule has 8 heteroatoms. The molecule has 2 N–H and O–H groups in total. The average Bonchev–Trinajstić information content (AvgIpc) is 2.58. The van der Waals surface area contributed by atoms with Crippen molar-refractivity contribution in [3.8, 4) is 0 Å². The van der Waals surface area contributed by atoms with Crippen molar-refractivity contribution in [1.29, 1.82) is 0 Å². The van der Waals surface area contributed by atoms with Gasteiger partial charge in [0, 0.05) is 19.3 Å². The Kier molecular flexibility index (Phi) is 5.18. The molecule has 0 aliphatic carbocycles. The highest BCUT2D eigenvalue weighted by atomic mass is 32.2. The maximum Gasteiger partial charge on any atom is 0.321 e. The van der Waals surface area contributed by atoms with E-state index < -0.39 is 21.6 Å². The van der Waals surface area contributed by atoms with Gasteiger partial charge in [0.05, 0.1) is 13.7 Å². The Bertz CT molecular complexity index is 604. The molecule has 0 fully saturated rings. The number of ether oxygens (including phenoxy) is 2. The van der Waals surface area contributed by atoms with E-state index in [4.69, 9.17) is 10.5 Å². The number of anilines is 1. The molecule has 0 aromatic carbocycles. The van der Waals surface area contributed by atoms with Crippen LogP contribution in [-0.4, -0.2) is 45.5 Å². The minimum Gasteiger partial charge on any atom is -0.468 e. The van der Waals surface area contributed by atoms with Crippen LogP contribution >= 0.6 is 0 Å². The number of carbonyl (C=O) groups excluding carboxylic acids is 1. The Morgan fingerprint density at radius 3 is 2.40 bits per heavy atom. The van der Waals surface area contributed by atoms with Gasteiger partial charge < -0.3 is 19.8 Å². The van der Waals surface area contributed by atoms with E-state index in [2.05, 4.69) is 4.74 Å². The zero-order valence-electron chi connectivity index (χ0n) is 12.1. The van der Waals surface area contributed by atoms with E-state index in [1.165, 1.54) is 0 Å². The molecule has 0 unspecified atom stereocenters. The maximum atomic E-state index is 12.3. The Morgan fingerprint density at radius 1 is 1.30 bits per heavy atom. The summed E-state index contributed by atoms with van der Waals surface area (Å²) in [6, 6.07) is 0. The molecule has 7 nitrogen and oxygen atoms in total. The standard InChI is InChI=1S/C12H20N2O5S/c1-8-9(2)14(5-6-18-3)12(13)11(8)20(16,17)7-10(15)19-4/h5-7,13H2,1-4H3. The number of carbonyl (C=O) groups is 1. The lowest BCUT2D eigenvalue weighted by Crippen LogP contribution is -2.19. The zero-order valence-corrected chi connectivity index (χ0v) is 12.9. The minimum absolute atomic E-state index is 0.00324. The predicted molar refractivity (Wildman–Crippen MR) is 74.3 cm³/mol. The summed E-state index contributed by atoms with van der Waals surface area (Å²) in [4.78, 5) is 11.2. The second-order valence-electron chi connectivity index (χ2n) is 4.40. The predicted octanol–water partition coefficient (Wildman–Crippen LogP) is 0.280. The van der Waals surface area contributed by atoms with Gasteiger partial charge in [0.25, 0.3) is 0 Å². The van der Waals surface area contributed by atoms with Crippen molar-refractivity contribution < 1.29 is 22.7 Å². The first kappa shape index (κ1) is 16.5. The SMILES string of the molecule is COCCn1c(C)c(C)c(S(=O)(=O)CC(=O)OC)c1N. The van der Waals surface area contributed by atoms with Crippen LogP contribution in [0.3, 0.4) is 0 Å². The number of aromatic nitrogens is 1. The van der Waals surface area contributed by atoms with Gasteiger partial charge in [-0.1, -0.05) is 0 Å². The maximum absolute atomic E-state index is 12.3. The fourth-order valence-corrected chi connectivity index (χ4v) is 3.63. The third-order valence-electron chi connectivity index (χ3n) is 3.18. The number of sulfone groups is 1. The van der Waals surface area contributed by atoms with Gasteiger partial charge in [-0.3, -0.25) is 4.79 Å². The number of esters is 1. The van der Waals surface area contributed by atoms with Crippen LogP contribution in [-0.2, 0) is 30.7 Å². The van der Waals surface area contributed by atoms with Crippen molar-refractivity contribution in [2.75, 3.05) is 32.3 Å². The van der Waals surface area contributed by atoms with Gasteiger partial charge >= 0.3 is 5.97 Å². The van der Waals surface area contributed by atoms with E-state index in [0.29, 0.717) is 18.7 Å². The fourth-order valence-electron chi connectivity index (χ4n) is 2.01. The topological polar surface area (TPSA) is 101 Å². The molecule has 0 aliphatic rings. The minimum atomic E-state index is -3.82. The Morgan fingerprint density at radius 2 is 1.90 bits per heavy atom. The number of nitrogens with zero attached hydrogens (tertiary/aromatic N) is 1. The molecule has 1 aromatic rings. The summed E-state index contributed by atoms with van der Waals surface area (Å²) in [6.07, 6.45) is 0. The number of hydrogen-bond acceptors (Lipinski definition) is 6. The smallest absolute Gasteiger partial charge is 0.321 e. The molecular weight excluding hydrogens is 284 g/mol. The molecular formula is C12H20N2O5S. The van der Waals surface area contributed by atoms with Crippen molar-refractivity contribution in [3.05, 3.63) is 11.3 Å². The largest absolute Gasteiger partial charge is 0.468 e.